The minimum absolute atomic E-state index is 0.0521. The van der Waals surface area contributed by atoms with Crippen LogP contribution < -0.4 is 5.32 Å². The van der Waals surface area contributed by atoms with Crippen molar-refractivity contribution in [2.45, 2.75) is 0 Å². The fraction of sp³-hybridized carbons (Fsp3) is 0. The number of hydrogen-bond acceptors (Lipinski definition) is 3. The quantitative estimate of drug-likeness (QED) is 0.630. The Morgan fingerprint density at radius 3 is 2.83 bits per heavy atom. The molecule has 0 atom stereocenters. The van der Waals surface area contributed by atoms with Gasteiger partial charge < -0.3 is 5.32 Å². The Hall–Kier alpha value is -0.920. The van der Waals surface area contributed by atoms with Gasteiger partial charge >= 0.3 is 0 Å². The van der Waals surface area contributed by atoms with Crippen molar-refractivity contribution in [3.8, 4) is 0 Å². The van der Waals surface area contributed by atoms with Crippen LogP contribution in [0, 0.1) is 2.88 Å². The van der Waals surface area contributed by atoms with Gasteiger partial charge in [0.15, 0.2) is 0 Å². The van der Waals surface area contributed by atoms with E-state index in [2.05, 4.69) is 39.4 Å². The van der Waals surface area contributed by atoms with Gasteiger partial charge in [0.1, 0.15) is 0 Å². The Bertz CT molecular complexity index is 716. The summed E-state index contributed by atoms with van der Waals surface area (Å²) in [7, 11) is 0. The number of rotatable bonds is 2. The van der Waals surface area contributed by atoms with Crippen LogP contribution in [0.5, 0.6) is 0 Å². The highest BCUT2D eigenvalue weighted by Crippen LogP contribution is 2.24. The third-order valence-electron chi connectivity index (χ3n) is 2.54. The van der Waals surface area contributed by atoms with E-state index in [0.29, 0.717) is 0 Å². The lowest BCUT2D eigenvalue weighted by molar-refractivity contribution is 0.102. The largest absolute Gasteiger partial charge is 0.322 e. The maximum Gasteiger partial charge on any atom is 0.256 e. The molecule has 1 aromatic carbocycles. The molecule has 0 fully saturated rings. The van der Waals surface area contributed by atoms with E-state index in [1.54, 1.807) is 22.7 Å². The maximum atomic E-state index is 12.0. The molecule has 2 nitrogen and oxygen atoms in total. The highest BCUT2D eigenvalue weighted by molar-refractivity contribution is 14.1. The average Bonchev–Trinajstić information content (AvgIpc) is 2.96. The van der Waals surface area contributed by atoms with Crippen LogP contribution in [0.3, 0.4) is 0 Å². The van der Waals surface area contributed by atoms with Crippen LogP contribution in [0.1, 0.15) is 10.4 Å². The summed E-state index contributed by atoms with van der Waals surface area (Å²) in [6.45, 7) is 0. The Labute approximate surface area is 126 Å². The van der Waals surface area contributed by atoms with Crippen LogP contribution in [-0.2, 0) is 0 Å². The van der Waals surface area contributed by atoms with Crippen molar-refractivity contribution in [2.24, 2.45) is 0 Å². The molecule has 0 bridgehead atoms. The normalized spacial score (nSPS) is 10.7. The van der Waals surface area contributed by atoms with Gasteiger partial charge in [0.05, 0.1) is 8.45 Å². The van der Waals surface area contributed by atoms with Crippen LogP contribution in [0.15, 0.2) is 41.1 Å². The number of fused-ring (bicyclic) bond motifs is 1. The Kier molecular flexibility index (Phi) is 3.36. The number of benzene rings is 1. The molecular weight excluding hydrogens is 377 g/mol. The first-order valence-corrected chi connectivity index (χ1v) is 8.09. The third kappa shape index (κ3) is 2.43. The molecule has 90 valence electrons. The SMILES string of the molecule is O=C(Nc1ccc2sccc2c1)c1csc(I)c1. The Morgan fingerprint density at radius 1 is 1.17 bits per heavy atom. The van der Waals surface area contributed by atoms with E-state index in [0.717, 1.165) is 19.5 Å². The van der Waals surface area contributed by atoms with Gasteiger partial charge in [-0.25, -0.2) is 0 Å². The molecule has 0 aliphatic rings. The number of nitrogens with one attached hydrogen (secondary N) is 1. The molecule has 2 aromatic heterocycles. The summed E-state index contributed by atoms with van der Waals surface area (Å²) in [6.07, 6.45) is 0. The molecule has 18 heavy (non-hydrogen) atoms. The van der Waals surface area contributed by atoms with Crippen molar-refractivity contribution in [2.75, 3.05) is 5.32 Å². The van der Waals surface area contributed by atoms with Crippen molar-refractivity contribution in [1.29, 1.82) is 0 Å². The van der Waals surface area contributed by atoms with E-state index in [9.17, 15) is 4.79 Å². The van der Waals surface area contributed by atoms with Crippen LogP contribution in [0.2, 0.25) is 0 Å². The number of carbonyl (C=O) groups excluding carboxylic acids is 1. The zero-order valence-electron chi connectivity index (χ0n) is 9.14. The minimum Gasteiger partial charge on any atom is -0.322 e. The molecule has 0 radical (unpaired) electrons. The number of halogens is 1. The summed E-state index contributed by atoms with van der Waals surface area (Å²) in [4.78, 5) is 12.0. The van der Waals surface area contributed by atoms with Crippen LogP contribution >= 0.6 is 45.3 Å². The average molecular weight is 385 g/mol. The van der Waals surface area contributed by atoms with Gasteiger partial charge in [-0.1, -0.05) is 0 Å². The molecule has 3 rings (SSSR count). The summed E-state index contributed by atoms with van der Waals surface area (Å²) in [6, 6.07) is 9.93. The van der Waals surface area contributed by atoms with Crippen molar-refractivity contribution in [3.05, 3.63) is 49.5 Å². The van der Waals surface area contributed by atoms with Crippen molar-refractivity contribution in [3.63, 3.8) is 0 Å². The minimum atomic E-state index is -0.0521. The van der Waals surface area contributed by atoms with Crippen molar-refractivity contribution < 1.29 is 4.79 Å². The molecule has 0 unspecified atom stereocenters. The standard InChI is InChI=1S/C13H8INOS2/c14-12-6-9(7-18-12)13(16)15-10-1-2-11-8(5-10)3-4-17-11/h1-7H,(H,15,16). The second-order valence-electron chi connectivity index (χ2n) is 3.77. The van der Waals surface area contributed by atoms with Crippen LogP contribution in [0.4, 0.5) is 5.69 Å². The first-order chi connectivity index (χ1) is 8.72. The molecule has 1 amide bonds. The summed E-state index contributed by atoms with van der Waals surface area (Å²) >= 11 is 5.49. The number of anilines is 1. The molecule has 0 saturated heterocycles. The van der Waals surface area contributed by atoms with Crippen molar-refractivity contribution in [1.82, 2.24) is 0 Å². The first-order valence-electron chi connectivity index (χ1n) is 5.25. The van der Waals surface area contributed by atoms with E-state index < -0.39 is 0 Å². The molecular formula is C13H8INOS2. The summed E-state index contributed by atoms with van der Waals surface area (Å²) in [5.41, 5.74) is 1.56. The Balaban J connectivity index is 1.85. The maximum absolute atomic E-state index is 12.0. The van der Waals surface area contributed by atoms with Crippen molar-refractivity contribution >= 4 is 66.9 Å². The van der Waals surface area contributed by atoms with Gasteiger partial charge in [0.25, 0.3) is 5.91 Å². The number of carbonyl (C=O) groups is 1. The van der Waals surface area contributed by atoms with Gasteiger partial charge in [-0.05, 0) is 63.7 Å². The highest BCUT2D eigenvalue weighted by atomic mass is 127. The predicted molar refractivity (Wildman–Crippen MR) is 86.8 cm³/mol. The predicted octanol–water partition coefficient (Wildman–Crippen LogP) is 4.82. The fourth-order valence-electron chi connectivity index (χ4n) is 1.68. The molecule has 0 saturated carbocycles. The highest BCUT2D eigenvalue weighted by Gasteiger charge is 2.08. The second-order valence-corrected chi connectivity index (χ2v) is 7.52. The molecule has 0 spiro atoms. The van der Waals surface area contributed by atoms with Gasteiger partial charge in [-0.15, -0.1) is 22.7 Å². The van der Waals surface area contributed by atoms with Gasteiger partial charge in [-0.2, -0.15) is 0 Å². The molecule has 2 heterocycles. The molecule has 0 aliphatic heterocycles. The monoisotopic (exact) mass is 385 g/mol. The summed E-state index contributed by atoms with van der Waals surface area (Å²) in [5, 5.41) is 8.02. The number of thiophene rings is 2. The second kappa shape index (κ2) is 4.99. The first kappa shape index (κ1) is 12.1. The lowest BCUT2D eigenvalue weighted by Gasteiger charge is -2.03. The molecule has 3 aromatic rings. The van der Waals surface area contributed by atoms with Gasteiger partial charge in [0, 0.05) is 15.8 Å². The summed E-state index contributed by atoms with van der Waals surface area (Å²) in [5.74, 6) is -0.0521. The van der Waals surface area contributed by atoms with E-state index in [1.807, 2.05) is 29.6 Å². The number of hydrogen-bond donors (Lipinski definition) is 1. The van der Waals surface area contributed by atoms with E-state index in [-0.39, 0.29) is 5.91 Å². The molecule has 0 aliphatic carbocycles. The van der Waals surface area contributed by atoms with Crippen LogP contribution in [0.25, 0.3) is 10.1 Å². The topological polar surface area (TPSA) is 29.1 Å². The van der Waals surface area contributed by atoms with E-state index in [1.165, 1.54) is 4.70 Å². The lowest BCUT2D eigenvalue weighted by atomic mass is 10.2. The third-order valence-corrected chi connectivity index (χ3v) is 5.23. The van der Waals surface area contributed by atoms with Crippen LogP contribution in [-0.4, -0.2) is 5.91 Å². The molecule has 1 N–H and O–H groups in total. The summed E-state index contributed by atoms with van der Waals surface area (Å²) < 4.78 is 2.35. The number of amides is 1. The Morgan fingerprint density at radius 2 is 2.06 bits per heavy atom. The zero-order valence-corrected chi connectivity index (χ0v) is 12.9. The molecule has 5 heteroatoms. The van der Waals surface area contributed by atoms with Gasteiger partial charge in [-0.3, -0.25) is 4.79 Å². The zero-order chi connectivity index (χ0) is 12.5. The lowest BCUT2D eigenvalue weighted by Crippen LogP contribution is -2.10. The van der Waals surface area contributed by atoms with E-state index in [4.69, 9.17) is 0 Å². The fourth-order valence-corrected chi connectivity index (χ4v) is 3.77. The van der Waals surface area contributed by atoms with E-state index >= 15 is 0 Å². The smallest absolute Gasteiger partial charge is 0.256 e. The van der Waals surface area contributed by atoms with Gasteiger partial charge in [0.2, 0.25) is 0 Å².